The number of aliphatic hydroxyl groups excluding tert-OH is 1. The predicted octanol–water partition coefficient (Wildman–Crippen LogP) is 21.9. The fourth-order valence-electron chi connectivity index (χ4n) is 11.4. The Kier molecular flexibility index (Phi) is 65.5. The molecule has 0 spiro atoms. The normalized spacial score (nSPS) is 14.3. The smallest absolute Gasteiger partial charge is 0.462 e. The molecule has 94 heavy (non-hydrogen) atoms. The molecule has 0 fully saturated rings. The van der Waals surface area contributed by atoms with Gasteiger partial charge in [0.25, 0.3) is 0 Å². The van der Waals surface area contributed by atoms with Crippen LogP contribution in [0.3, 0.4) is 0 Å². The first kappa shape index (κ1) is 92.1. The summed E-state index contributed by atoms with van der Waals surface area (Å²) in [5, 5.41) is 10.6. The standard InChI is InChI=1S/C75H146O17P2/c1-7-10-12-14-16-18-20-28-35-41-47-53-59-74(79)91-70(63-85-72(77)57-51-45-39-33-19-17-15-13-11-8-2)65-89-93(81,82)87-61-69(76)62-88-94(83,84)90-66-71(64-86-73(78)58-52-46-40-34-30-25-26-31-37-43-49-55-67(4)5)92-75(80)60-54-48-42-36-29-24-22-21-23-27-32-38-44-50-56-68(6)9-3/h67-71,76H,7-66H2,1-6H3,(H,81,82)(H,83,84)/t68?,69-,70+,71+/m0/s1. The second kappa shape index (κ2) is 66.9. The van der Waals surface area contributed by atoms with E-state index in [-0.39, 0.29) is 25.7 Å². The molecule has 0 amide bonds. The summed E-state index contributed by atoms with van der Waals surface area (Å²) in [5.74, 6) is -0.498. The van der Waals surface area contributed by atoms with Crippen LogP contribution in [0.15, 0.2) is 0 Å². The van der Waals surface area contributed by atoms with E-state index >= 15 is 0 Å². The van der Waals surface area contributed by atoms with Crippen LogP contribution in [-0.2, 0) is 65.4 Å². The Morgan fingerprint density at radius 1 is 0.309 bits per heavy atom. The summed E-state index contributed by atoms with van der Waals surface area (Å²) < 4.78 is 68.5. The number of hydrogen-bond donors (Lipinski definition) is 3. The van der Waals surface area contributed by atoms with Crippen molar-refractivity contribution in [3.63, 3.8) is 0 Å². The van der Waals surface area contributed by atoms with Gasteiger partial charge in [-0.3, -0.25) is 37.3 Å². The lowest BCUT2D eigenvalue weighted by Gasteiger charge is -2.21. The molecular formula is C75H146O17P2. The quantitative estimate of drug-likeness (QED) is 0.0222. The van der Waals surface area contributed by atoms with Crippen LogP contribution in [0.1, 0.15) is 388 Å². The van der Waals surface area contributed by atoms with E-state index in [2.05, 4.69) is 41.5 Å². The fourth-order valence-corrected chi connectivity index (χ4v) is 13.0. The number of aliphatic hydroxyl groups is 1. The van der Waals surface area contributed by atoms with Gasteiger partial charge in [0.15, 0.2) is 12.2 Å². The molecular weight excluding hydrogens is 1230 g/mol. The lowest BCUT2D eigenvalue weighted by molar-refractivity contribution is -0.161. The van der Waals surface area contributed by atoms with Crippen molar-refractivity contribution < 1.29 is 80.2 Å². The highest BCUT2D eigenvalue weighted by atomic mass is 31.2. The number of phosphoric ester groups is 2. The van der Waals surface area contributed by atoms with Gasteiger partial charge >= 0.3 is 39.5 Å². The summed E-state index contributed by atoms with van der Waals surface area (Å²) in [5.41, 5.74) is 0. The average molecular weight is 1380 g/mol. The van der Waals surface area contributed by atoms with Crippen molar-refractivity contribution in [3.05, 3.63) is 0 Å². The van der Waals surface area contributed by atoms with Gasteiger partial charge in [0.1, 0.15) is 19.3 Å². The minimum atomic E-state index is -4.96. The Labute approximate surface area is 575 Å². The zero-order chi connectivity index (χ0) is 69.3. The predicted molar refractivity (Wildman–Crippen MR) is 381 cm³/mol. The monoisotopic (exact) mass is 1380 g/mol. The third-order valence-electron chi connectivity index (χ3n) is 17.8. The molecule has 6 atom stereocenters. The maximum absolute atomic E-state index is 13.1. The highest BCUT2D eigenvalue weighted by Crippen LogP contribution is 2.45. The SMILES string of the molecule is CCCCCCCCCCCCCCC(=O)O[C@H](COC(=O)CCCCCCCCCCCC)COP(=O)(O)OC[C@H](O)COP(=O)(O)OC[C@@H](COC(=O)CCCCCCCCCCCCCC(C)C)OC(=O)CCCCCCCCCCCCCCCCC(C)CC. The number of carbonyl (C=O) groups excluding carboxylic acids is 4. The van der Waals surface area contributed by atoms with Crippen molar-refractivity contribution in [3.8, 4) is 0 Å². The Morgan fingerprint density at radius 2 is 0.543 bits per heavy atom. The van der Waals surface area contributed by atoms with E-state index in [1.807, 2.05) is 0 Å². The van der Waals surface area contributed by atoms with E-state index in [9.17, 15) is 43.2 Å². The van der Waals surface area contributed by atoms with E-state index in [0.29, 0.717) is 25.7 Å². The molecule has 3 unspecified atom stereocenters. The molecule has 0 aliphatic heterocycles. The van der Waals surface area contributed by atoms with Crippen LogP contribution in [0.25, 0.3) is 0 Å². The Hall–Kier alpha value is -1.94. The van der Waals surface area contributed by atoms with Crippen molar-refractivity contribution >= 4 is 39.5 Å². The van der Waals surface area contributed by atoms with Crippen molar-refractivity contribution in [2.75, 3.05) is 39.6 Å². The maximum Gasteiger partial charge on any atom is 0.472 e. The number of unbranched alkanes of at least 4 members (excludes halogenated alkanes) is 43. The van der Waals surface area contributed by atoms with Crippen LogP contribution in [0.5, 0.6) is 0 Å². The first-order chi connectivity index (χ1) is 45.4. The van der Waals surface area contributed by atoms with Crippen molar-refractivity contribution in [1.82, 2.24) is 0 Å². The summed E-state index contributed by atoms with van der Waals surface area (Å²) in [7, 11) is -9.91. The maximum atomic E-state index is 13.1. The van der Waals surface area contributed by atoms with Crippen LogP contribution in [0.4, 0.5) is 0 Å². The molecule has 0 saturated heterocycles. The van der Waals surface area contributed by atoms with Crippen LogP contribution in [-0.4, -0.2) is 96.7 Å². The topological polar surface area (TPSA) is 237 Å². The van der Waals surface area contributed by atoms with Gasteiger partial charge in [-0.05, 0) is 37.5 Å². The summed E-state index contributed by atoms with van der Waals surface area (Å²) in [6.45, 7) is 9.64. The molecule has 17 nitrogen and oxygen atoms in total. The van der Waals surface area contributed by atoms with Gasteiger partial charge in [0.2, 0.25) is 0 Å². The van der Waals surface area contributed by atoms with Gasteiger partial charge < -0.3 is 33.8 Å². The van der Waals surface area contributed by atoms with Gasteiger partial charge in [0.05, 0.1) is 26.4 Å². The summed E-state index contributed by atoms with van der Waals surface area (Å²) in [4.78, 5) is 72.7. The summed E-state index contributed by atoms with van der Waals surface area (Å²) in [6.07, 6.45) is 53.9. The molecule has 0 aliphatic rings. The average Bonchev–Trinajstić information content (AvgIpc) is 1.22. The second-order valence-corrected chi connectivity index (χ2v) is 30.7. The molecule has 0 saturated carbocycles. The second-order valence-electron chi connectivity index (χ2n) is 27.8. The molecule has 0 rings (SSSR count). The molecule has 0 bridgehead atoms. The lowest BCUT2D eigenvalue weighted by Crippen LogP contribution is -2.30. The number of hydrogen-bond acceptors (Lipinski definition) is 15. The molecule has 3 N–H and O–H groups in total. The van der Waals surface area contributed by atoms with Gasteiger partial charge in [0, 0.05) is 25.7 Å². The van der Waals surface area contributed by atoms with Gasteiger partial charge in [-0.25, -0.2) is 9.13 Å². The van der Waals surface area contributed by atoms with E-state index in [0.717, 1.165) is 102 Å². The largest absolute Gasteiger partial charge is 0.472 e. The number of rotatable bonds is 74. The minimum Gasteiger partial charge on any atom is -0.462 e. The highest BCUT2D eigenvalue weighted by Gasteiger charge is 2.30. The van der Waals surface area contributed by atoms with Crippen molar-refractivity contribution in [1.29, 1.82) is 0 Å². The van der Waals surface area contributed by atoms with Crippen LogP contribution >= 0.6 is 15.6 Å². The first-order valence-electron chi connectivity index (χ1n) is 39.0. The first-order valence-corrected chi connectivity index (χ1v) is 42.0. The minimum absolute atomic E-state index is 0.107. The third-order valence-corrected chi connectivity index (χ3v) is 19.7. The van der Waals surface area contributed by atoms with E-state index in [4.69, 9.17) is 37.0 Å². The number of carbonyl (C=O) groups is 4. The third kappa shape index (κ3) is 67.3. The number of ether oxygens (including phenoxy) is 4. The Morgan fingerprint density at radius 3 is 0.809 bits per heavy atom. The van der Waals surface area contributed by atoms with Gasteiger partial charge in [-0.2, -0.15) is 0 Å². The summed E-state index contributed by atoms with van der Waals surface area (Å²) >= 11 is 0. The molecule has 0 aliphatic carbocycles. The van der Waals surface area contributed by atoms with Crippen LogP contribution in [0, 0.1) is 11.8 Å². The Bertz CT molecular complexity index is 1820. The van der Waals surface area contributed by atoms with Crippen molar-refractivity contribution in [2.45, 2.75) is 407 Å². The number of esters is 4. The van der Waals surface area contributed by atoms with E-state index < -0.39 is 97.5 Å². The molecule has 0 aromatic carbocycles. The van der Waals surface area contributed by atoms with E-state index in [1.54, 1.807) is 0 Å². The lowest BCUT2D eigenvalue weighted by atomic mass is 9.99. The zero-order valence-electron chi connectivity index (χ0n) is 61.3. The zero-order valence-corrected chi connectivity index (χ0v) is 63.1. The van der Waals surface area contributed by atoms with Gasteiger partial charge in [-0.15, -0.1) is 0 Å². The molecule has 19 heteroatoms. The molecule has 0 heterocycles. The number of phosphoric acid groups is 2. The molecule has 558 valence electrons. The molecule has 0 radical (unpaired) electrons. The van der Waals surface area contributed by atoms with E-state index in [1.165, 1.54) is 205 Å². The Balaban J connectivity index is 5.24. The van der Waals surface area contributed by atoms with Gasteiger partial charge in [-0.1, -0.05) is 337 Å². The summed E-state index contributed by atoms with van der Waals surface area (Å²) in [6, 6.07) is 0. The van der Waals surface area contributed by atoms with Crippen molar-refractivity contribution in [2.24, 2.45) is 11.8 Å². The van der Waals surface area contributed by atoms with Crippen LogP contribution in [0.2, 0.25) is 0 Å². The fraction of sp³-hybridized carbons (Fsp3) is 0.947. The molecule has 0 aromatic rings. The molecule has 0 aromatic heterocycles. The van der Waals surface area contributed by atoms with Crippen LogP contribution < -0.4 is 0 Å². The highest BCUT2D eigenvalue weighted by molar-refractivity contribution is 7.47.